The Morgan fingerprint density at radius 2 is 2.03 bits per heavy atom. The van der Waals surface area contributed by atoms with Crippen LogP contribution in [-0.2, 0) is 16.1 Å². The van der Waals surface area contributed by atoms with Gasteiger partial charge < -0.3 is 15.0 Å². The summed E-state index contributed by atoms with van der Waals surface area (Å²) >= 11 is 0. The topological polar surface area (TPSA) is 102 Å². The van der Waals surface area contributed by atoms with E-state index in [-0.39, 0.29) is 23.4 Å². The van der Waals surface area contributed by atoms with Crippen molar-refractivity contribution in [3.63, 3.8) is 0 Å². The minimum atomic E-state index is -0.348. The van der Waals surface area contributed by atoms with Gasteiger partial charge in [0.1, 0.15) is 18.3 Å². The maximum atomic E-state index is 12.8. The number of aromatic nitrogens is 4. The van der Waals surface area contributed by atoms with Gasteiger partial charge in [-0.2, -0.15) is 4.98 Å². The van der Waals surface area contributed by atoms with Crippen LogP contribution in [0.2, 0.25) is 0 Å². The third kappa shape index (κ3) is 4.30. The number of hydrogen-bond donors (Lipinski definition) is 1. The van der Waals surface area contributed by atoms with Crippen LogP contribution in [0.5, 0.6) is 0 Å². The van der Waals surface area contributed by atoms with Gasteiger partial charge in [-0.15, -0.1) is 0 Å². The van der Waals surface area contributed by atoms with E-state index >= 15 is 0 Å². The van der Waals surface area contributed by atoms with Gasteiger partial charge in [-0.1, -0.05) is 26.0 Å². The van der Waals surface area contributed by atoms with E-state index < -0.39 is 0 Å². The number of carbonyl (C=O) groups excluding carboxylic acids is 1. The fraction of sp³-hybridized carbons (Fsp3) is 0.381. The smallest absolute Gasteiger partial charge is 0.264 e. The van der Waals surface area contributed by atoms with Crippen LogP contribution < -0.4 is 15.8 Å². The molecular formula is C21H24N6O3. The van der Waals surface area contributed by atoms with Gasteiger partial charge in [-0.25, -0.2) is 9.97 Å². The first kappa shape index (κ1) is 20.0. The third-order valence-electron chi connectivity index (χ3n) is 5.01. The quantitative estimate of drug-likeness (QED) is 0.687. The van der Waals surface area contributed by atoms with E-state index in [2.05, 4.69) is 34.1 Å². The fourth-order valence-electron chi connectivity index (χ4n) is 3.30. The van der Waals surface area contributed by atoms with Crippen LogP contribution in [0.1, 0.15) is 25.3 Å². The van der Waals surface area contributed by atoms with Gasteiger partial charge >= 0.3 is 0 Å². The molecule has 9 nitrogen and oxygen atoms in total. The molecule has 30 heavy (non-hydrogen) atoms. The van der Waals surface area contributed by atoms with Gasteiger partial charge in [0.05, 0.1) is 13.2 Å². The normalized spacial score (nSPS) is 14.3. The Labute approximate surface area is 173 Å². The summed E-state index contributed by atoms with van der Waals surface area (Å²) in [6.07, 6.45) is 2.83. The summed E-state index contributed by atoms with van der Waals surface area (Å²) in [7, 11) is 0. The van der Waals surface area contributed by atoms with Crippen molar-refractivity contribution in [3.8, 4) is 0 Å². The predicted octanol–water partition coefficient (Wildman–Crippen LogP) is 1.79. The lowest BCUT2D eigenvalue weighted by molar-refractivity contribution is -0.116. The summed E-state index contributed by atoms with van der Waals surface area (Å²) in [5, 5.41) is 3.12. The molecule has 1 aliphatic heterocycles. The molecule has 0 radical (unpaired) electrons. The minimum absolute atomic E-state index is 0.140. The van der Waals surface area contributed by atoms with E-state index in [0.717, 1.165) is 5.56 Å². The Morgan fingerprint density at radius 1 is 1.23 bits per heavy atom. The van der Waals surface area contributed by atoms with E-state index in [4.69, 9.17) is 4.74 Å². The standard InChI is InChI=1S/C21H24N6O3/c1-14(2)15-4-3-5-16(10-15)24-18(28)12-27-13-23-19-17(20(27)29)11-22-21(25-19)26-6-8-30-9-7-26/h3-5,10-11,13-14H,6-9,12H2,1-2H3,(H,24,28). The Hall–Kier alpha value is -3.33. The summed E-state index contributed by atoms with van der Waals surface area (Å²) in [6.45, 7) is 6.67. The van der Waals surface area contributed by atoms with E-state index in [1.165, 1.54) is 17.1 Å². The third-order valence-corrected chi connectivity index (χ3v) is 5.01. The van der Waals surface area contributed by atoms with Gasteiger partial charge in [0.25, 0.3) is 5.56 Å². The highest BCUT2D eigenvalue weighted by molar-refractivity contribution is 5.90. The van der Waals surface area contributed by atoms with Gasteiger partial charge in [-0.3, -0.25) is 14.2 Å². The maximum absolute atomic E-state index is 12.8. The number of amides is 1. The number of ether oxygens (including phenoxy) is 1. The molecule has 1 saturated heterocycles. The van der Waals surface area contributed by atoms with E-state index in [1.807, 2.05) is 29.2 Å². The molecule has 9 heteroatoms. The molecule has 0 atom stereocenters. The highest BCUT2D eigenvalue weighted by atomic mass is 16.5. The second-order valence-electron chi connectivity index (χ2n) is 7.51. The summed E-state index contributed by atoms with van der Waals surface area (Å²) in [6, 6.07) is 7.68. The van der Waals surface area contributed by atoms with Gasteiger partial charge in [-0.05, 0) is 23.6 Å². The molecule has 156 valence electrons. The molecule has 1 N–H and O–H groups in total. The SMILES string of the molecule is CC(C)c1cccc(NC(=O)Cn2cnc3nc(N4CCOCC4)ncc3c2=O)c1. The number of carbonyl (C=O) groups is 1. The van der Waals surface area contributed by atoms with Gasteiger partial charge in [0.2, 0.25) is 11.9 Å². The number of morpholine rings is 1. The monoisotopic (exact) mass is 408 g/mol. The first-order chi connectivity index (χ1) is 14.5. The second-order valence-corrected chi connectivity index (χ2v) is 7.51. The number of fused-ring (bicyclic) bond motifs is 1. The lowest BCUT2D eigenvalue weighted by atomic mass is 10.0. The number of nitrogens with zero attached hydrogens (tertiary/aromatic N) is 5. The van der Waals surface area contributed by atoms with Crippen molar-refractivity contribution in [1.82, 2.24) is 19.5 Å². The Bertz CT molecular complexity index is 1120. The average molecular weight is 408 g/mol. The van der Waals surface area contributed by atoms with Crippen LogP contribution in [-0.4, -0.2) is 51.7 Å². The molecule has 0 aliphatic carbocycles. The number of nitrogens with one attached hydrogen (secondary N) is 1. The van der Waals surface area contributed by atoms with E-state index in [1.54, 1.807) is 0 Å². The zero-order chi connectivity index (χ0) is 21.1. The van der Waals surface area contributed by atoms with Crippen LogP contribution in [0.25, 0.3) is 11.0 Å². The molecule has 2 aromatic heterocycles. The zero-order valence-corrected chi connectivity index (χ0v) is 17.0. The summed E-state index contributed by atoms with van der Waals surface area (Å²) < 4.78 is 6.60. The first-order valence-electron chi connectivity index (χ1n) is 9.96. The van der Waals surface area contributed by atoms with Crippen molar-refractivity contribution in [1.29, 1.82) is 0 Å². The summed E-state index contributed by atoms with van der Waals surface area (Å²) in [5.41, 5.74) is 1.80. The van der Waals surface area contributed by atoms with Crippen molar-refractivity contribution in [3.05, 3.63) is 52.7 Å². The fourth-order valence-corrected chi connectivity index (χ4v) is 3.30. The molecule has 0 bridgehead atoms. The lowest BCUT2D eigenvalue weighted by Crippen LogP contribution is -2.37. The molecule has 1 aromatic carbocycles. The number of rotatable bonds is 5. The molecule has 1 aliphatic rings. The molecular weight excluding hydrogens is 384 g/mol. The molecule has 0 spiro atoms. The van der Waals surface area contributed by atoms with Crippen molar-refractivity contribution >= 4 is 28.6 Å². The highest BCUT2D eigenvalue weighted by Crippen LogP contribution is 2.18. The van der Waals surface area contributed by atoms with Gasteiger partial charge in [0, 0.05) is 25.0 Å². The first-order valence-corrected chi connectivity index (χ1v) is 9.96. The Kier molecular flexibility index (Phi) is 5.71. The minimum Gasteiger partial charge on any atom is -0.378 e. The van der Waals surface area contributed by atoms with Crippen LogP contribution in [0.4, 0.5) is 11.6 Å². The van der Waals surface area contributed by atoms with Gasteiger partial charge in [0.15, 0.2) is 5.65 Å². The van der Waals surface area contributed by atoms with Crippen molar-refractivity contribution in [2.45, 2.75) is 26.3 Å². The zero-order valence-electron chi connectivity index (χ0n) is 17.0. The van der Waals surface area contributed by atoms with Crippen molar-refractivity contribution in [2.75, 3.05) is 36.5 Å². The maximum Gasteiger partial charge on any atom is 0.264 e. The van der Waals surface area contributed by atoms with E-state index in [9.17, 15) is 9.59 Å². The molecule has 0 saturated carbocycles. The van der Waals surface area contributed by atoms with E-state index in [0.29, 0.717) is 49.5 Å². The Balaban J connectivity index is 1.51. The lowest BCUT2D eigenvalue weighted by Gasteiger charge is -2.26. The highest BCUT2D eigenvalue weighted by Gasteiger charge is 2.16. The van der Waals surface area contributed by atoms with Crippen molar-refractivity contribution < 1.29 is 9.53 Å². The second kappa shape index (κ2) is 8.58. The molecule has 3 heterocycles. The number of anilines is 2. The Morgan fingerprint density at radius 3 is 2.80 bits per heavy atom. The van der Waals surface area contributed by atoms with Crippen LogP contribution >= 0.6 is 0 Å². The molecule has 4 rings (SSSR count). The molecule has 0 unspecified atom stereocenters. The van der Waals surface area contributed by atoms with Crippen LogP contribution in [0.3, 0.4) is 0 Å². The number of benzene rings is 1. The predicted molar refractivity (Wildman–Crippen MR) is 114 cm³/mol. The van der Waals surface area contributed by atoms with Crippen molar-refractivity contribution in [2.24, 2.45) is 0 Å². The van der Waals surface area contributed by atoms with Crippen LogP contribution in [0, 0.1) is 0 Å². The van der Waals surface area contributed by atoms with Crippen LogP contribution in [0.15, 0.2) is 41.6 Å². The summed E-state index contributed by atoms with van der Waals surface area (Å²) in [4.78, 5) is 40.2. The number of hydrogen-bond acceptors (Lipinski definition) is 7. The average Bonchev–Trinajstić information content (AvgIpc) is 2.76. The molecule has 1 fully saturated rings. The molecule has 3 aromatic rings. The summed E-state index contributed by atoms with van der Waals surface area (Å²) in [5.74, 6) is 0.583. The molecule has 1 amide bonds. The largest absolute Gasteiger partial charge is 0.378 e.